The van der Waals surface area contributed by atoms with Gasteiger partial charge in [0, 0.05) is 3.57 Å². The maximum absolute atomic E-state index is 12.5. The van der Waals surface area contributed by atoms with Crippen LogP contribution in [0.15, 0.2) is 52.7 Å². The van der Waals surface area contributed by atoms with E-state index in [-0.39, 0.29) is 12.1 Å². The fraction of sp³-hybridized carbons (Fsp3) is 0.0625. The number of halogens is 1. The lowest BCUT2D eigenvalue weighted by molar-refractivity contribution is -0.130. The number of nitrogens with one attached hydrogen (secondary N) is 1. The van der Waals surface area contributed by atoms with E-state index >= 15 is 0 Å². The molecule has 116 valence electrons. The molecule has 2 aromatic rings. The zero-order valence-electron chi connectivity index (χ0n) is 11.8. The van der Waals surface area contributed by atoms with Gasteiger partial charge in [0.15, 0.2) is 0 Å². The van der Waals surface area contributed by atoms with E-state index in [2.05, 4.69) is 27.9 Å². The molecule has 1 aliphatic rings. The van der Waals surface area contributed by atoms with Crippen LogP contribution in [0.25, 0.3) is 6.08 Å². The van der Waals surface area contributed by atoms with Gasteiger partial charge in [-0.2, -0.15) is 0 Å². The van der Waals surface area contributed by atoms with Gasteiger partial charge in [0.2, 0.25) is 0 Å². The van der Waals surface area contributed by atoms with Gasteiger partial charge in [-0.15, -0.1) is 0 Å². The molecule has 23 heavy (non-hydrogen) atoms. The minimum atomic E-state index is -0.754. The quantitative estimate of drug-likeness (QED) is 0.469. The highest BCUT2D eigenvalue weighted by Gasteiger charge is 2.36. The summed E-state index contributed by atoms with van der Waals surface area (Å²) in [5, 5.41) is 2.17. The van der Waals surface area contributed by atoms with Gasteiger partial charge in [-0.1, -0.05) is 12.1 Å². The van der Waals surface area contributed by atoms with Crippen LogP contribution in [-0.2, 0) is 16.1 Å². The second kappa shape index (κ2) is 6.37. The van der Waals surface area contributed by atoms with Crippen LogP contribution in [0.3, 0.4) is 0 Å². The highest BCUT2D eigenvalue weighted by atomic mass is 127. The first kappa shape index (κ1) is 15.5. The van der Waals surface area contributed by atoms with Crippen molar-refractivity contribution in [3.63, 3.8) is 0 Å². The van der Waals surface area contributed by atoms with Crippen LogP contribution in [-0.4, -0.2) is 22.7 Å². The number of hydrogen-bond donors (Lipinski definition) is 1. The lowest BCUT2D eigenvalue weighted by Crippen LogP contribution is -2.53. The van der Waals surface area contributed by atoms with E-state index in [0.717, 1.165) is 8.47 Å². The second-order valence-corrected chi connectivity index (χ2v) is 6.09. The number of amides is 4. The first-order valence-electron chi connectivity index (χ1n) is 6.71. The van der Waals surface area contributed by atoms with Crippen molar-refractivity contribution in [2.75, 3.05) is 0 Å². The van der Waals surface area contributed by atoms with E-state index in [0.29, 0.717) is 11.3 Å². The number of nitrogens with zero attached hydrogens (tertiary/aromatic N) is 1. The maximum Gasteiger partial charge on any atom is 0.331 e. The molecule has 1 aromatic heterocycles. The zero-order valence-corrected chi connectivity index (χ0v) is 13.9. The molecule has 1 saturated heterocycles. The lowest BCUT2D eigenvalue weighted by atomic mass is 10.1. The Morgan fingerprint density at radius 3 is 2.52 bits per heavy atom. The van der Waals surface area contributed by atoms with Gasteiger partial charge >= 0.3 is 6.03 Å². The molecule has 2 heterocycles. The largest absolute Gasteiger partial charge is 0.467 e. The smallest absolute Gasteiger partial charge is 0.331 e. The molecule has 1 fully saturated rings. The number of carbonyl (C=O) groups excluding carboxylic acids is 3. The number of barbiturate groups is 1. The first-order valence-corrected chi connectivity index (χ1v) is 7.79. The van der Waals surface area contributed by atoms with E-state index < -0.39 is 17.8 Å². The van der Waals surface area contributed by atoms with Crippen molar-refractivity contribution in [1.82, 2.24) is 10.2 Å². The number of rotatable bonds is 3. The molecule has 0 unspecified atom stereocenters. The topological polar surface area (TPSA) is 79.6 Å². The fourth-order valence-electron chi connectivity index (χ4n) is 2.12. The summed E-state index contributed by atoms with van der Waals surface area (Å²) in [7, 11) is 0. The predicted octanol–water partition coefficient (Wildman–Crippen LogP) is 2.55. The molecule has 0 spiro atoms. The summed E-state index contributed by atoms with van der Waals surface area (Å²) in [5.74, 6) is -0.889. The molecular formula is C16H11IN2O4. The minimum absolute atomic E-state index is 0.0328. The third kappa shape index (κ3) is 3.34. The Balaban J connectivity index is 1.90. The Morgan fingerprint density at radius 1 is 1.13 bits per heavy atom. The first-order chi connectivity index (χ1) is 11.0. The average Bonchev–Trinajstić information content (AvgIpc) is 3.03. The summed E-state index contributed by atoms with van der Waals surface area (Å²) in [5.41, 5.74) is 0.619. The van der Waals surface area contributed by atoms with Crippen molar-refractivity contribution in [2.24, 2.45) is 0 Å². The van der Waals surface area contributed by atoms with Gasteiger partial charge in [0.05, 0.1) is 12.8 Å². The summed E-state index contributed by atoms with van der Waals surface area (Å²) >= 11 is 2.16. The monoisotopic (exact) mass is 422 g/mol. The Labute approximate surface area is 145 Å². The number of carbonyl (C=O) groups is 3. The van der Waals surface area contributed by atoms with Gasteiger partial charge in [-0.25, -0.2) is 4.79 Å². The minimum Gasteiger partial charge on any atom is -0.467 e. The van der Waals surface area contributed by atoms with E-state index in [1.807, 2.05) is 12.1 Å². The third-order valence-electron chi connectivity index (χ3n) is 3.26. The van der Waals surface area contributed by atoms with Crippen molar-refractivity contribution in [3.05, 3.63) is 63.1 Å². The van der Waals surface area contributed by atoms with Crippen LogP contribution >= 0.6 is 22.6 Å². The zero-order chi connectivity index (χ0) is 16.4. The van der Waals surface area contributed by atoms with Crippen LogP contribution in [0, 0.1) is 3.57 Å². The average molecular weight is 422 g/mol. The van der Waals surface area contributed by atoms with Gasteiger partial charge in [0.25, 0.3) is 11.8 Å². The van der Waals surface area contributed by atoms with Crippen LogP contribution < -0.4 is 5.32 Å². The Hall–Kier alpha value is -2.42. The molecule has 1 aliphatic heterocycles. The highest BCUT2D eigenvalue weighted by Crippen LogP contribution is 2.17. The van der Waals surface area contributed by atoms with Gasteiger partial charge < -0.3 is 4.42 Å². The van der Waals surface area contributed by atoms with E-state index in [1.165, 1.54) is 12.3 Å². The molecule has 0 bridgehead atoms. The Kier molecular flexibility index (Phi) is 4.28. The maximum atomic E-state index is 12.5. The molecule has 3 rings (SSSR count). The summed E-state index contributed by atoms with van der Waals surface area (Å²) in [6, 6.07) is 9.88. The van der Waals surface area contributed by atoms with Crippen LogP contribution in [0.4, 0.5) is 4.79 Å². The number of urea groups is 1. The molecule has 1 N–H and O–H groups in total. The summed E-state index contributed by atoms with van der Waals surface area (Å²) in [6.07, 6.45) is 2.92. The van der Waals surface area contributed by atoms with Gasteiger partial charge in [0.1, 0.15) is 11.3 Å². The molecule has 7 heteroatoms. The number of furan rings is 1. The highest BCUT2D eigenvalue weighted by molar-refractivity contribution is 14.1. The van der Waals surface area contributed by atoms with Crippen LogP contribution in [0.2, 0.25) is 0 Å². The lowest BCUT2D eigenvalue weighted by Gasteiger charge is -2.25. The molecule has 1 aromatic carbocycles. The summed E-state index contributed by atoms with van der Waals surface area (Å²) in [6.45, 7) is -0.0328. The molecule has 6 nitrogen and oxygen atoms in total. The SMILES string of the molecule is O=C1NC(=O)N(Cc2ccco2)C(=O)C1=Cc1ccc(I)cc1. The molecule has 0 atom stereocenters. The van der Waals surface area contributed by atoms with E-state index in [9.17, 15) is 14.4 Å². The van der Waals surface area contributed by atoms with E-state index in [4.69, 9.17) is 4.42 Å². The summed E-state index contributed by atoms with van der Waals surface area (Å²) in [4.78, 5) is 37.3. The molecule has 0 saturated carbocycles. The summed E-state index contributed by atoms with van der Waals surface area (Å²) < 4.78 is 6.19. The third-order valence-corrected chi connectivity index (χ3v) is 3.98. The normalized spacial score (nSPS) is 16.8. The second-order valence-electron chi connectivity index (χ2n) is 4.84. The van der Waals surface area contributed by atoms with E-state index in [1.54, 1.807) is 24.3 Å². The van der Waals surface area contributed by atoms with Gasteiger partial charge in [-0.3, -0.25) is 19.8 Å². The van der Waals surface area contributed by atoms with Crippen molar-refractivity contribution in [3.8, 4) is 0 Å². The molecule has 0 radical (unpaired) electrons. The van der Waals surface area contributed by atoms with Crippen molar-refractivity contribution >= 4 is 46.5 Å². The number of imide groups is 2. The standard InChI is InChI=1S/C16H11IN2O4/c17-11-5-3-10(4-6-11)8-13-14(20)18-16(22)19(15(13)21)9-12-2-1-7-23-12/h1-8H,9H2,(H,18,20,22). The van der Waals surface area contributed by atoms with Crippen molar-refractivity contribution < 1.29 is 18.8 Å². The number of benzene rings is 1. The van der Waals surface area contributed by atoms with Gasteiger partial charge in [-0.05, 0) is 58.5 Å². The number of hydrogen-bond acceptors (Lipinski definition) is 4. The molecule has 4 amide bonds. The fourth-order valence-corrected chi connectivity index (χ4v) is 2.48. The van der Waals surface area contributed by atoms with Crippen molar-refractivity contribution in [2.45, 2.75) is 6.54 Å². The Morgan fingerprint density at radius 2 is 1.87 bits per heavy atom. The predicted molar refractivity (Wildman–Crippen MR) is 89.9 cm³/mol. The van der Waals surface area contributed by atoms with Crippen LogP contribution in [0.1, 0.15) is 11.3 Å². The molecule has 0 aliphatic carbocycles. The van der Waals surface area contributed by atoms with Crippen molar-refractivity contribution in [1.29, 1.82) is 0 Å². The molecular weight excluding hydrogens is 411 g/mol. The Bertz CT molecular complexity index is 794. The van der Waals surface area contributed by atoms with Crippen LogP contribution in [0.5, 0.6) is 0 Å².